The minimum absolute atomic E-state index is 0.302. The van der Waals surface area contributed by atoms with Crippen molar-refractivity contribution in [1.29, 1.82) is 0 Å². The van der Waals surface area contributed by atoms with Crippen molar-refractivity contribution < 1.29 is 32.9 Å². The molecule has 0 aromatic heterocycles. The first-order valence-corrected chi connectivity index (χ1v) is 11.9. The first kappa shape index (κ1) is 9.18. The summed E-state index contributed by atoms with van der Waals surface area (Å²) in [6.45, 7) is 0. The Hall–Kier alpha value is -5.20. The quantitative estimate of drug-likeness (QED) is 0.199. The van der Waals surface area contributed by atoms with Crippen LogP contribution in [0.15, 0.2) is 157 Å². The second-order valence-corrected chi connectivity index (χ2v) is 8.65. The average Bonchev–Trinajstić information content (AvgIpc) is 3.25. The molecule has 0 heteroatoms. The van der Waals surface area contributed by atoms with Crippen LogP contribution >= 0.6 is 0 Å². The van der Waals surface area contributed by atoms with Crippen LogP contribution in [0.1, 0.15) is 32.9 Å². The maximum atomic E-state index is 9.86. The van der Waals surface area contributed by atoms with Crippen LogP contribution in [-0.2, 0) is 0 Å². The molecule has 0 spiro atoms. The van der Waals surface area contributed by atoms with E-state index in [0.717, 1.165) is 12.1 Å². The normalized spacial score (nSPS) is 19.9. The summed E-state index contributed by atoms with van der Waals surface area (Å²) in [5.41, 5.74) is -3.68. The van der Waals surface area contributed by atoms with Gasteiger partial charge in [0, 0.05) is 0 Å². The molecule has 0 aliphatic carbocycles. The van der Waals surface area contributed by atoms with E-state index >= 15 is 0 Å². The second kappa shape index (κ2) is 9.22. The lowest BCUT2D eigenvalue weighted by molar-refractivity contribution is 1.63. The highest BCUT2D eigenvalue weighted by atomic mass is 14.2. The molecule has 0 N–H and O–H groups in total. The Morgan fingerprint density at radius 3 is 1.68 bits per heavy atom. The van der Waals surface area contributed by atoms with Gasteiger partial charge in [0.2, 0.25) is 0 Å². The molecule has 0 nitrogen and oxygen atoms in total. The van der Waals surface area contributed by atoms with Crippen molar-refractivity contribution in [2.75, 3.05) is 0 Å². The molecule has 40 heavy (non-hydrogen) atoms. The Morgan fingerprint density at radius 2 is 0.875 bits per heavy atom. The summed E-state index contributed by atoms with van der Waals surface area (Å²) >= 11 is 0. The summed E-state index contributed by atoms with van der Waals surface area (Å²) in [5.74, 6) is 0. The van der Waals surface area contributed by atoms with Crippen LogP contribution in [0, 0.1) is 0 Å². The first-order chi connectivity index (χ1) is 29.8. The van der Waals surface area contributed by atoms with Crippen molar-refractivity contribution in [2.24, 2.45) is 0 Å². The molecule has 8 aromatic rings. The molecule has 0 aliphatic heterocycles. The summed E-state index contributed by atoms with van der Waals surface area (Å²) in [4.78, 5) is 0. The van der Waals surface area contributed by atoms with Crippen LogP contribution in [0.5, 0.6) is 0 Å². The van der Waals surface area contributed by atoms with E-state index in [2.05, 4.69) is 0 Å². The van der Waals surface area contributed by atoms with E-state index in [9.17, 15) is 9.60 Å². The third-order valence-corrected chi connectivity index (χ3v) is 6.53. The number of fused-ring (bicyclic) bond motifs is 4. The fraction of sp³-hybridized carbons (Fsp3) is 0. The van der Waals surface area contributed by atoms with Crippen LogP contribution in [-0.4, -0.2) is 0 Å². The van der Waals surface area contributed by atoms with Crippen LogP contribution in [0.3, 0.4) is 0 Å². The molecule has 0 atom stereocenters. The van der Waals surface area contributed by atoms with Gasteiger partial charge in [-0.25, -0.2) is 0 Å². The van der Waals surface area contributed by atoms with Gasteiger partial charge in [0.25, 0.3) is 0 Å². The molecule has 8 aromatic carbocycles. The molecule has 0 aliphatic rings. The Balaban J connectivity index is 1.82. The van der Waals surface area contributed by atoms with Gasteiger partial charge in [-0.3, -0.25) is 0 Å². The fourth-order valence-corrected chi connectivity index (χ4v) is 4.89. The second-order valence-electron chi connectivity index (χ2n) is 8.65. The molecule has 0 bridgehead atoms. The molecule has 0 radical (unpaired) electrons. The minimum atomic E-state index is -0.948. The third-order valence-electron chi connectivity index (χ3n) is 6.53. The molecule has 0 saturated heterocycles. The van der Waals surface area contributed by atoms with E-state index in [4.69, 9.17) is 23.3 Å². The van der Waals surface area contributed by atoms with Crippen LogP contribution in [0.25, 0.3) is 76.5 Å². The highest BCUT2D eigenvalue weighted by molar-refractivity contribution is 6.25. The molecule has 8 rings (SSSR count). The summed E-state index contributed by atoms with van der Waals surface area (Å²) in [6, 6.07) is -18.1. The fourth-order valence-electron chi connectivity index (χ4n) is 4.89. The summed E-state index contributed by atoms with van der Waals surface area (Å²) in [7, 11) is 0. The Labute approximate surface area is 267 Å². The van der Waals surface area contributed by atoms with Crippen molar-refractivity contribution in [3.63, 3.8) is 0 Å². The lowest BCUT2D eigenvalue weighted by atomic mass is 9.83. The predicted octanol–water partition coefficient (Wildman–Crippen LogP) is 11.3. The first-order valence-electron chi connectivity index (χ1n) is 23.9. The van der Waals surface area contributed by atoms with Crippen molar-refractivity contribution >= 4 is 43.1 Å². The Bertz CT molecular complexity index is 3500. The van der Waals surface area contributed by atoms with Gasteiger partial charge >= 0.3 is 0 Å². The van der Waals surface area contributed by atoms with E-state index in [1.54, 1.807) is 0 Å². The molecule has 186 valence electrons. The number of hydrogen-bond acceptors (Lipinski definition) is 0. The number of benzene rings is 8. The van der Waals surface area contributed by atoms with Gasteiger partial charge in [-0.2, -0.15) is 0 Å². The zero-order valence-electron chi connectivity index (χ0n) is 44.2. The van der Waals surface area contributed by atoms with Crippen molar-refractivity contribution in [3.05, 3.63) is 157 Å². The standard InChI is InChI=1S/C40H26/c1-2-13-27(14-3-1)30-25-29-16-5-7-19-32(29)38(26-30)40-36-22-10-8-20-34(36)39(35-21-9-11-23-37(35)40)33-24-12-17-28-15-4-6-18-31(28)33/h1-26H/i1D,2D,3D,4D,5D,6D,7D,8D,9D,10D,11D,12D,13D,14D,15D,16D,17D,19D,20D,21D,22D,24D,25D,26D. The van der Waals surface area contributed by atoms with E-state index in [0.29, 0.717) is 0 Å². The maximum absolute atomic E-state index is 9.86. The van der Waals surface area contributed by atoms with Crippen LogP contribution < -0.4 is 0 Å². The summed E-state index contributed by atoms with van der Waals surface area (Å²) in [6.07, 6.45) is 0. The lowest BCUT2D eigenvalue weighted by Gasteiger charge is -2.20. The van der Waals surface area contributed by atoms with Gasteiger partial charge in [0.1, 0.15) is 0 Å². The predicted molar refractivity (Wildman–Crippen MR) is 173 cm³/mol. The molecular formula is C40H26. The lowest BCUT2D eigenvalue weighted by Crippen LogP contribution is -1.93. The van der Waals surface area contributed by atoms with Gasteiger partial charge in [0.05, 0.1) is 32.9 Å². The molecular weight excluding hydrogens is 480 g/mol. The van der Waals surface area contributed by atoms with Crippen molar-refractivity contribution in [1.82, 2.24) is 0 Å². The number of rotatable bonds is 3. The molecule has 0 unspecified atom stereocenters. The van der Waals surface area contributed by atoms with Crippen LogP contribution in [0.2, 0.25) is 0 Å². The van der Waals surface area contributed by atoms with E-state index in [-0.39, 0.29) is 5.39 Å². The molecule has 0 fully saturated rings. The SMILES string of the molecule is [2H]c1cc2c(-c3c4c([2H])c([2H])c([2H])cc4c(-c4c([2H])c(-c5c([2H])c([2H])c([2H])c([2H])c5[2H])c([2H])c5c([2H])c([2H])c([2H])c([2H])c45)c4c([2H])c([2H])c([2H])c([2H])c34)c([2H])c([2H])c([2H])c2c([2H])c1[2H]. The maximum Gasteiger partial charge on any atom is 0.0636 e. The van der Waals surface area contributed by atoms with Gasteiger partial charge < -0.3 is 0 Å². The highest BCUT2D eigenvalue weighted by Gasteiger charge is 2.19. The molecule has 0 amide bonds. The van der Waals surface area contributed by atoms with Crippen molar-refractivity contribution in [3.8, 4) is 33.4 Å². The Kier molecular flexibility index (Phi) is 2.12. The zero-order valence-corrected chi connectivity index (χ0v) is 20.2. The van der Waals surface area contributed by atoms with E-state index in [1.165, 1.54) is 0 Å². The average molecular weight is 531 g/mol. The van der Waals surface area contributed by atoms with E-state index < -0.39 is 216 Å². The Morgan fingerprint density at radius 1 is 0.325 bits per heavy atom. The molecule has 0 heterocycles. The van der Waals surface area contributed by atoms with Crippen LogP contribution in [0.4, 0.5) is 0 Å². The molecule has 0 saturated carbocycles. The minimum Gasteiger partial charge on any atom is -0.0622 e. The van der Waals surface area contributed by atoms with E-state index in [1.807, 2.05) is 0 Å². The monoisotopic (exact) mass is 530 g/mol. The zero-order chi connectivity index (χ0) is 47.4. The summed E-state index contributed by atoms with van der Waals surface area (Å²) in [5, 5.41) is -4.10. The van der Waals surface area contributed by atoms with Gasteiger partial charge in [-0.05, 0) is 88.6 Å². The number of hydrogen-bond donors (Lipinski definition) is 0. The summed E-state index contributed by atoms with van der Waals surface area (Å²) < 4.78 is 213. The highest BCUT2D eigenvalue weighted by Crippen LogP contribution is 2.47. The largest absolute Gasteiger partial charge is 0.0636 e. The van der Waals surface area contributed by atoms with Gasteiger partial charge in [0.15, 0.2) is 0 Å². The third kappa shape index (κ3) is 3.54. The van der Waals surface area contributed by atoms with Gasteiger partial charge in [-0.1, -0.05) is 145 Å². The topological polar surface area (TPSA) is 0 Å². The van der Waals surface area contributed by atoms with Gasteiger partial charge in [-0.15, -0.1) is 0 Å². The van der Waals surface area contributed by atoms with Crippen molar-refractivity contribution in [2.45, 2.75) is 0 Å². The smallest absolute Gasteiger partial charge is 0.0622 e.